The van der Waals surface area contributed by atoms with Gasteiger partial charge in [-0.2, -0.15) is 13.2 Å². The van der Waals surface area contributed by atoms with E-state index in [9.17, 15) is 23.1 Å². The molecule has 17 heavy (non-hydrogen) atoms. The van der Waals surface area contributed by atoms with Crippen LogP contribution in [0, 0.1) is 0 Å². The van der Waals surface area contributed by atoms with E-state index in [1.165, 1.54) is 12.1 Å². The number of carbonyl (C=O) groups is 1. The van der Waals surface area contributed by atoms with Crippen molar-refractivity contribution in [2.75, 3.05) is 0 Å². The van der Waals surface area contributed by atoms with E-state index in [4.69, 9.17) is 5.11 Å². The number of hydrogen-bond acceptors (Lipinski definition) is 2. The van der Waals surface area contributed by atoms with Gasteiger partial charge in [0, 0.05) is 4.47 Å². The lowest BCUT2D eigenvalue weighted by Gasteiger charge is -2.29. The molecule has 0 spiro atoms. The van der Waals surface area contributed by atoms with Crippen LogP contribution in [0.1, 0.15) is 12.0 Å². The molecular formula is C10H8BrF3O3. The molecule has 0 radical (unpaired) electrons. The van der Waals surface area contributed by atoms with Crippen molar-refractivity contribution in [3.63, 3.8) is 0 Å². The van der Waals surface area contributed by atoms with Crippen LogP contribution in [0.4, 0.5) is 13.2 Å². The monoisotopic (exact) mass is 312 g/mol. The van der Waals surface area contributed by atoms with Gasteiger partial charge in [-0.1, -0.05) is 28.1 Å². The normalized spacial score (nSPS) is 15.4. The third kappa shape index (κ3) is 2.98. The minimum absolute atomic E-state index is 0.322. The summed E-state index contributed by atoms with van der Waals surface area (Å²) in [5.74, 6) is -1.73. The van der Waals surface area contributed by atoms with Crippen molar-refractivity contribution in [1.29, 1.82) is 0 Å². The van der Waals surface area contributed by atoms with Gasteiger partial charge in [0.2, 0.25) is 0 Å². The van der Waals surface area contributed by atoms with E-state index in [0.717, 1.165) is 12.1 Å². The Hall–Kier alpha value is -1.08. The Morgan fingerprint density at radius 3 is 2.35 bits per heavy atom. The van der Waals surface area contributed by atoms with Crippen LogP contribution in [0.3, 0.4) is 0 Å². The lowest BCUT2D eigenvalue weighted by molar-refractivity contribution is -0.269. The number of halogens is 4. The minimum Gasteiger partial charge on any atom is -0.481 e. The summed E-state index contributed by atoms with van der Waals surface area (Å²) in [7, 11) is 0. The number of aliphatic hydroxyl groups is 1. The molecule has 3 nitrogen and oxygen atoms in total. The minimum atomic E-state index is -5.06. The third-order valence-electron chi connectivity index (χ3n) is 2.18. The zero-order chi connectivity index (χ0) is 13.3. The Bertz CT molecular complexity index is 433. The highest BCUT2D eigenvalue weighted by molar-refractivity contribution is 9.10. The highest BCUT2D eigenvalue weighted by Crippen LogP contribution is 2.42. The molecule has 0 amide bonds. The number of benzene rings is 1. The first-order valence-electron chi connectivity index (χ1n) is 4.44. The van der Waals surface area contributed by atoms with Gasteiger partial charge in [0.1, 0.15) is 0 Å². The summed E-state index contributed by atoms with van der Waals surface area (Å²) in [5.41, 5.74) is -3.90. The summed E-state index contributed by atoms with van der Waals surface area (Å²) in [5, 5.41) is 18.1. The zero-order valence-electron chi connectivity index (χ0n) is 8.33. The van der Waals surface area contributed by atoms with Crippen LogP contribution in [-0.2, 0) is 10.4 Å². The highest BCUT2D eigenvalue weighted by Gasteiger charge is 2.56. The molecule has 7 heteroatoms. The molecule has 2 N–H and O–H groups in total. The Labute approximate surface area is 103 Å². The van der Waals surface area contributed by atoms with Gasteiger partial charge in [-0.3, -0.25) is 4.79 Å². The van der Waals surface area contributed by atoms with E-state index < -0.39 is 29.7 Å². The SMILES string of the molecule is O=C(O)CC(O)(c1cccc(Br)c1)C(F)(F)F. The largest absolute Gasteiger partial charge is 0.481 e. The second kappa shape index (κ2) is 4.66. The van der Waals surface area contributed by atoms with Crippen LogP contribution in [0.5, 0.6) is 0 Å². The quantitative estimate of drug-likeness (QED) is 0.902. The van der Waals surface area contributed by atoms with Gasteiger partial charge < -0.3 is 10.2 Å². The first-order chi connectivity index (χ1) is 7.67. The van der Waals surface area contributed by atoms with E-state index in [-0.39, 0.29) is 0 Å². The highest BCUT2D eigenvalue weighted by atomic mass is 79.9. The third-order valence-corrected chi connectivity index (χ3v) is 2.67. The van der Waals surface area contributed by atoms with Crippen molar-refractivity contribution in [2.24, 2.45) is 0 Å². The number of alkyl halides is 3. The average molecular weight is 313 g/mol. The summed E-state index contributed by atoms with van der Waals surface area (Å²) in [6.45, 7) is 0. The van der Waals surface area contributed by atoms with Crippen molar-refractivity contribution in [3.8, 4) is 0 Å². The van der Waals surface area contributed by atoms with E-state index in [1.54, 1.807) is 0 Å². The fourth-order valence-electron chi connectivity index (χ4n) is 1.33. The molecule has 1 aromatic rings. The molecule has 1 rings (SSSR count). The maximum atomic E-state index is 12.8. The molecule has 0 bridgehead atoms. The average Bonchev–Trinajstić information content (AvgIpc) is 2.14. The zero-order valence-corrected chi connectivity index (χ0v) is 9.92. The van der Waals surface area contributed by atoms with E-state index in [0.29, 0.717) is 4.47 Å². The van der Waals surface area contributed by atoms with Gasteiger partial charge in [0.15, 0.2) is 5.60 Å². The summed E-state index contributed by atoms with van der Waals surface area (Å²) in [6.07, 6.45) is -6.50. The molecule has 94 valence electrons. The maximum absolute atomic E-state index is 12.8. The van der Waals surface area contributed by atoms with E-state index in [2.05, 4.69) is 15.9 Å². The molecule has 0 aliphatic rings. The van der Waals surface area contributed by atoms with Gasteiger partial charge >= 0.3 is 12.1 Å². The van der Waals surface area contributed by atoms with Crippen LogP contribution in [-0.4, -0.2) is 22.4 Å². The summed E-state index contributed by atoms with van der Waals surface area (Å²) >= 11 is 2.96. The predicted octanol–water partition coefficient (Wildman–Crippen LogP) is 2.67. The second-order valence-electron chi connectivity index (χ2n) is 3.44. The van der Waals surface area contributed by atoms with Crippen LogP contribution >= 0.6 is 15.9 Å². The van der Waals surface area contributed by atoms with Gasteiger partial charge in [-0.15, -0.1) is 0 Å². The lowest BCUT2D eigenvalue weighted by atomic mass is 9.90. The summed E-state index contributed by atoms with van der Waals surface area (Å²) < 4.78 is 38.6. The van der Waals surface area contributed by atoms with Crippen molar-refractivity contribution in [3.05, 3.63) is 34.3 Å². The van der Waals surface area contributed by atoms with Gasteiger partial charge in [0.05, 0.1) is 6.42 Å². The van der Waals surface area contributed by atoms with Crippen molar-refractivity contribution in [2.45, 2.75) is 18.2 Å². The first kappa shape index (κ1) is 14.0. The molecule has 0 saturated heterocycles. The predicted molar refractivity (Wildman–Crippen MR) is 56.3 cm³/mol. The fraction of sp³-hybridized carbons (Fsp3) is 0.300. The number of hydrogen-bond donors (Lipinski definition) is 2. The molecule has 0 aromatic heterocycles. The summed E-state index contributed by atoms with van der Waals surface area (Å²) in [6, 6.07) is 4.83. The first-order valence-corrected chi connectivity index (χ1v) is 5.23. The molecule has 1 unspecified atom stereocenters. The number of carboxylic acids is 1. The molecule has 0 aliphatic carbocycles. The van der Waals surface area contributed by atoms with Crippen LogP contribution in [0.15, 0.2) is 28.7 Å². The van der Waals surface area contributed by atoms with Gasteiger partial charge in [-0.05, 0) is 17.7 Å². The fourth-order valence-corrected chi connectivity index (χ4v) is 1.73. The smallest absolute Gasteiger partial charge is 0.422 e. The second-order valence-corrected chi connectivity index (χ2v) is 4.35. The molecule has 0 heterocycles. The van der Waals surface area contributed by atoms with Crippen molar-refractivity contribution < 1.29 is 28.2 Å². The maximum Gasteiger partial charge on any atom is 0.422 e. The lowest BCUT2D eigenvalue weighted by Crippen LogP contribution is -2.44. The van der Waals surface area contributed by atoms with Crippen LogP contribution in [0.2, 0.25) is 0 Å². The molecule has 0 aliphatic heterocycles. The van der Waals surface area contributed by atoms with Gasteiger partial charge in [-0.25, -0.2) is 0 Å². The van der Waals surface area contributed by atoms with Crippen molar-refractivity contribution in [1.82, 2.24) is 0 Å². The number of rotatable bonds is 3. The molecule has 1 atom stereocenters. The van der Waals surface area contributed by atoms with Crippen LogP contribution < -0.4 is 0 Å². The molecule has 0 saturated carbocycles. The standard InChI is InChI=1S/C10H8BrF3O3/c11-7-3-1-2-6(4-7)9(17,5-8(15)16)10(12,13)14/h1-4,17H,5H2,(H,15,16). The Kier molecular flexibility index (Phi) is 3.83. The number of aliphatic carboxylic acids is 1. The van der Waals surface area contributed by atoms with Crippen molar-refractivity contribution >= 4 is 21.9 Å². The molecule has 1 aromatic carbocycles. The molecular weight excluding hydrogens is 305 g/mol. The number of carboxylic acid groups (broad SMARTS) is 1. The Morgan fingerprint density at radius 2 is 1.94 bits per heavy atom. The molecule has 0 fully saturated rings. The van der Waals surface area contributed by atoms with Crippen LogP contribution in [0.25, 0.3) is 0 Å². The van der Waals surface area contributed by atoms with Gasteiger partial charge in [0.25, 0.3) is 0 Å². The Morgan fingerprint density at radius 1 is 1.35 bits per heavy atom. The van der Waals surface area contributed by atoms with E-state index in [1.807, 2.05) is 0 Å². The van der Waals surface area contributed by atoms with E-state index >= 15 is 0 Å². The Balaban J connectivity index is 3.29. The topological polar surface area (TPSA) is 57.5 Å². The summed E-state index contributed by atoms with van der Waals surface area (Å²) in [4.78, 5) is 10.4.